The number of nitro groups is 1. The van der Waals surface area contributed by atoms with E-state index in [1.807, 2.05) is 0 Å². The minimum Gasteiger partial charge on any atom is -0.363 e. The molecular weight excluding hydrogens is 332 g/mol. The van der Waals surface area contributed by atoms with Crippen LogP contribution in [0.3, 0.4) is 0 Å². The van der Waals surface area contributed by atoms with Gasteiger partial charge in [-0.3, -0.25) is 19.8 Å². The van der Waals surface area contributed by atoms with Gasteiger partial charge in [0, 0.05) is 50.9 Å². The van der Waals surface area contributed by atoms with Gasteiger partial charge < -0.3 is 10.2 Å². The Labute approximate surface area is 153 Å². The van der Waals surface area contributed by atoms with Crippen LogP contribution < -0.4 is 10.2 Å². The summed E-state index contributed by atoms with van der Waals surface area (Å²) >= 11 is 0. The average molecular weight is 358 g/mol. The number of nitrogens with one attached hydrogen (secondary N) is 1. The van der Waals surface area contributed by atoms with Crippen LogP contribution in [0.25, 0.3) is 0 Å². The molecule has 1 aromatic rings. The second-order valence-corrected chi connectivity index (χ2v) is 7.80. The van der Waals surface area contributed by atoms with E-state index in [0.717, 1.165) is 44.1 Å². The molecule has 1 amide bonds. The molecule has 1 N–H and O–H groups in total. The zero-order chi connectivity index (χ0) is 18.3. The Kier molecular flexibility index (Phi) is 4.56. The molecule has 3 fully saturated rings. The highest BCUT2D eigenvalue weighted by Gasteiger charge is 2.42. The van der Waals surface area contributed by atoms with Gasteiger partial charge in [-0.25, -0.2) is 0 Å². The van der Waals surface area contributed by atoms with E-state index in [1.165, 1.54) is 38.8 Å². The van der Waals surface area contributed by atoms with Gasteiger partial charge in [-0.2, -0.15) is 0 Å². The first kappa shape index (κ1) is 17.3. The van der Waals surface area contributed by atoms with Crippen molar-refractivity contribution in [2.45, 2.75) is 31.7 Å². The number of amides is 1. The van der Waals surface area contributed by atoms with Crippen LogP contribution in [0.2, 0.25) is 0 Å². The Bertz CT molecular complexity index is 715. The molecule has 3 aliphatic rings. The van der Waals surface area contributed by atoms with Crippen molar-refractivity contribution >= 4 is 17.3 Å². The normalized spacial score (nSPS) is 28.3. The van der Waals surface area contributed by atoms with Gasteiger partial charge in [0.1, 0.15) is 5.69 Å². The minimum atomic E-state index is -0.385. The molecule has 7 heteroatoms. The van der Waals surface area contributed by atoms with Crippen molar-refractivity contribution < 1.29 is 9.72 Å². The van der Waals surface area contributed by atoms with Crippen LogP contribution in [-0.2, 0) is 0 Å². The standard InChI is InChI=1S/C19H26N4O3/c1-20-19(24)15-4-5-16(18(12-15)23(25)26)21-6-8-22(9-7-21)17-11-13-2-3-14(17)10-13/h4-5,12-14,17H,2-3,6-11H2,1H3,(H,20,24). The Balaban J connectivity index is 1.47. The summed E-state index contributed by atoms with van der Waals surface area (Å²) < 4.78 is 0. The molecule has 2 saturated carbocycles. The van der Waals surface area contributed by atoms with Crippen LogP contribution in [0, 0.1) is 22.0 Å². The highest BCUT2D eigenvalue weighted by Crippen LogP contribution is 2.46. The van der Waals surface area contributed by atoms with Crippen molar-refractivity contribution in [3.63, 3.8) is 0 Å². The summed E-state index contributed by atoms with van der Waals surface area (Å²) in [5.41, 5.74) is 0.957. The van der Waals surface area contributed by atoms with Gasteiger partial charge >= 0.3 is 0 Å². The molecule has 3 atom stereocenters. The third kappa shape index (κ3) is 3.05. The Morgan fingerprint density at radius 2 is 1.96 bits per heavy atom. The number of anilines is 1. The van der Waals surface area contributed by atoms with Gasteiger partial charge in [-0.15, -0.1) is 0 Å². The zero-order valence-corrected chi connectivity index (χ0v) is 15.2. The maximum Gasteiger partial charge on any atom is 0.293 e. The summed E-state index contributed by atoms with van der Waals surface area (Å²) in [5.74, 6) is 1.50. The first-order chi connectivity index (χ1) is 12.6. The van der Waals surface area contributed by atoms with Crippen LogP contribution >= 0.6 is 0 Å². The Morgan fingerprint density at radius 1 is 1.19 bits per heavy atom. The maximum atomic E-state index is 11.8. The first-order valence-corrected chi connectivity index (χ1v) is 9.56. The molecule has 1 aromatic carbocycles. The number of carbonyl (C=O) groups excluding carboxylic acids is 1. The number of rotatable bonds is 4. The predicted molar refractivity (Wildman–Crippen MR) is 99.5 cm³/mol. The van der Waals surface area contributed by atoms with Gasteiger partial charge in [0.15, 0.2) is 0 Å². The lowest BCUT2D eigenvalue weighted by molar-refractivity contribution is -0.384. The first-order valence-electron chi connectivity index (χ1n) is 9.56. The van der Waals surface area contributed by atoms with E-state index in [1.54, 1.807) is 12.1 Å². The largest absolute Gasteiger partial charge is 0.363 e. The number of piperazine rings is 1. The molecule has 1 heterocycles. The third-order valence-corrected chi connectivity index (χ3v) is 6.49. The number of nitrogens with zero attached hydrogens (tertiary/aromatic N) is 3. The lowest BCUT2D eigenvalue weighted by Crippen LogP contribution is -2.51. The fourth-order valence-electron chi connectivity index (χ4n) is 5.18. The number of hydrogen-bond donors (Lipinski definition) is 1. The summed E-state index contributed by atoms with van der Waals surface area (Å²) in [7, 11) is 1.52. The predicted octanol–water partition coefficient (Wildman–Crippen LogP) is 2.26. The number of carbonyl (C=O) groups is 1. The third-order valence-electron chi connectivity index (χ3n) is 6.49. The fourth-order valence-corrected chi connectivity index (χ4v) is 5.18. The Hall–Kier alpha value is -2.15. The quantitative estimate of drug-likeness (QED) is 0.660. The molecule has 1 saturated heterocycles. The van der Waals surface area contributed by atoms with E-state index >= 15 is 0 Å². The molecule has 0 spiro atoms. The van der Waals surface area contributed by atoms with E-state index in [2.05, 4.69) is 15.1 Å². The van der Waals surface area contributed by atoms with Gasteiger partial charge in [0.05, 0.1) is 4.92 Å². The van der Waals surface area contributed by atoms with Crippen molar-refractivity contribution in [3.05, 3.63) is 33.9 Å². The molecule has 3 unspecified atom stereocenters. The molecule has 4 rings (SSSR count). The second-order valence-electron chi connectivity index (χ2n) is 7.80. The summed E-state index contributed by atoms with van der Waals surface area (Å²) in [5, 5.41) is 14.0. The lowest BCUT2D eigenvalue weighted by atomic mass is 9.93. The maximum absolute atomic E-state index is 11.8. The molecule has 26 heavy (non-hydrogen) atoms. The smallest absolute Gasteiger partial charge is 0.293 e. The molecular formula is C19H26N4O3. The van der Waals surface area contributed by atoms with Crippen molar-refractivity contribution in [2.24, 2.45) is 11.8 Å². The zero-order valence-electron chi connectivity index (χ0n) is 15.2. The van der Waals surface area contributed by atoms with E-state index in [-0.39, 0.29) is 16.5 Å². The molecule has 2 aliphatic carbocycles. The van der Waals surface area contributed by atoms with Crippen molar-refractivity contribution in [2.75, 3.05) is 38.1 Å². The van der Waals surface area contributed by atoms with E-state index in [9.17, 15) is 14.9 Å². The summed E-state index contributed by atoms with van der Waals surface area (Å²) in [6, 6.07) is 5.50. The molecule has 1 aliphatic heterocycles. The average Bonchev–Trinajstić information content (AvgIpc) is 3.30. The minimum absolute atomic E-state index is 0.0134. The van der Waals surface area contributed by atoms with E-state index in [0.29, 0.717) is 11.3 Å². The molecule has 0 radical (unpaired) electrons. The van der Waals surface area contributed by atoms with Crippen LogP contribution in [-0.4, -0.2) is 55.0 Å². The van der Waals surface area contributed by atoms with Crippen LogP contribution in [0.5, 0.6) is 0 Å². The van der Waals surface area contributed by atoms with E-state index in [4.69, 9.17) is 0 Å². The SMILES string of the molecule is CNC(=O)c1ccc(N2CCN(C3CC4CCC3C4)CC2)c([N+](=O)[O-])c1. The highest BCUT2D eigenvalue weighted by atomic mass is 16.6. The fraction of sp³-hybridized carbons (Fsp3) is 0.632. The van der Waals surface area contributed by atoms with Crippen molar-refractivity contribution in [3.8, 4) is 0 Å². The summed E-state index contributed by atoms with van der Waals surface area (Å²) in [6.07, 6.45) is 5.52. The summed E-state index contributed by atoms with van der Waals surface area (Å²) in [4.78, 5) is 27.6. The number of fused-ring (bicyclic) bond motifs is 2. The number of hydrogen-bond acceptors (Lipinski definition) is 5. The summed E-state index contributed by atoms with van der Waals surface area (Å²) in [6.45, 7) is 3.52. The van der Waals surface area contributed by atoms with Crippen LogP contribution in [0.15, 0.2) is 18.2 Å². The molecule has 7 nitrogen and oxygen atoms in total. The van der Waals surface area contributed by atoms with Gasteiger partial charge in [0.2, 0.25) is 0 Å². The molecule has 0 aromatic heterocycles. The van der Waals surface area contributed by atoms with Gasteiger partial charge in [-0.1, -0.05) is 6.42 Å². The van der Waals surface area contributed by atoms with Gasteiger partial charge in [-0.05, 0) is 43.2 Å². The van der Waals surface area contributed by atoms with Crippen molar-refractivity contribution in [1.29, 1.82) is 0 Å². The molecule has 140 valence electrons. The topological polar surface area (TPSA) is 78.7 Å². The second kappa shape index (κ2) is 6.87. The Morgan fingerprint density at radius 3 is 2.54 bits per heavy atom. The number of benzene rings is 1. The van der Waals surface area contributed by atoms with E-state index < -0.39 is 0 Å². The van der Waals surface area contributed by atoms with Crippen molar-refractivity contribution in [1.82, 2.24) is 10.2 Å². The highest BCUT2D eigenvalue weighted by molar-refractivity contribution is 5.95. The number of nitro benzene ring substituents is 1. The van der Waals surface area contributed by atoms with Crippen LogP contribution in [0.4, 0.5) is 11.4 Å². The lowest BCUT2D eigenvalue weighted by Gasteiger charge is -2.41. The van der Waals surface area contributed by atoms with Crippen LogP contribution in [0.1, 0.15) is 36.0 Å². The monoisotopic (exact) mass is 358 g/mol. The van der Waals surface area contributed by atoms with Gasteiger partial charge in [0.25, 0.3) is 11.6 Å². The molecule has 2 bridgehead atoms.